The summed E-state index contributed by atoms with van der Waals surface area (Å²) in [6, 6.07) is 2.97. The van der Waals surface area contributed by atoms with Crippen LogP contribution in [0.4, 0.5) is 0 Å². The molecule has 1 aromatic rings. The predicted molar refractivity (Wildman–Crippen MR) is 96.8 cm³/mol. The highest BCUT2D eigenvalue weighted by Gasteiger charge is 2.09. The minimum Gasteiger partial charge on any atom is -0.475 e. The number of hydrogen-bond acceptors (Lipinski definition) is 3. The van der Waals surface area contributed by atoms with Crippen LogP contribution in [0.15, 0.2) is 28.7 Å². The summed E-state index contributed by atoms with van der Waals surface area (Å²) in [6.07, 6.45) is 18.2. The lowest BCUT2D eigenvalue weighted by Gasteiger charge is -2.03. The van der Waals surface area contributed by atoms with E-state index in [-0.39, 0.29) is 11.7 Å². The van der Waals surface area contributed by atoms with Crippen molar-refractivity contribution in [3.05, 3.63) is 30.0 Å². The van der Waals surface area contributed by atoms with Crippen molar-refractivity contribution in [2.75, 3.05) is 6.61 Å². The van der Waals surface area contributed by atoms with Crippen molar-refractivity contribution < 1.29 is 19.1 Å². The zero-order valence-electron chi connectivity index (χ0n) is 15.0. The lowest BCUT2D eigenvalue weighted by Crippen LogP contribution is -1.96. The normalized spacial score (nSPS) is 11.2. The fourth-order valence-corrected chi connectivity index (χ4v) is 2.50. The van der Waals surface area contributed by atoms with E-state index >= 15 is 0 Å². The first-order chi connectivity index (χ1) is 11.7. The summed E-state index contributed by atoms with van der Waals surface area (Å²) >= 11 is 0. The number of hydrogen-bond donors (Lipinski definition) is 1. The van der Waals surface area contributed by atoms with Gasteiger partial charge in [0, 0.05) is 6.07 Å². The third-order valence-electron chi connectivity index (χ3n) is 3.94. The Morgan fingerprint density at radius 1 is 1.00 bits per heavy atom. The van der Waals surface area contributed by atoms with Crippen molar-refractivity contribution in [1.29, 1.82) is 0 Å². The van der Waals surface area contributed by atoms with Gasteiger partial charge in [0.15, 0.2) is 0 Å². The van der Waals surface area contributed by atoms with Crippen LogP contribution in [0.3, 0.4) is 0 Å². The highest BCUT2D eigenvalue weighted by molar-refractivity contribution is 5.84. The maximum atomic E-state index is 10.7. The Hall–Kier alpha value is -1.71. The second-order valence-electron chi connectivity index (χ2n) is 6.15. The fraction of sp³-hybridized carbons (Fsp3) is 0.650. The molecule has 0 bridgehead atoms. The molecule has 0 spiro atoms. The zero-order valence-corrected chi connectivity index (χ0v) is 15.0. The van der Waals surface area contributed by atoms with Gasteiger partial charge in [-0.1, -0.05) is 57.6 Å². The van der Waals surface area contributed by atoms with Gasteiger partial charge in [-0.05, 0) is 38.2 Å². The van der Waals surface area contributed by atoms with Gasteiger partial charge in [-0.3, -0.25) is 0 Å². The molecule has 0 unspecified atom stereocenters. The Balaban J connectivity index is 1.86. The lowest BCUT2D eigenvalue weighted by atomic mass is 10.1. The Labute approximate surface area is 145 Å². The topological polar surface area (TPSA) is 59.7 Å². The molecule has 1 rings (SSSR count). The Kier molecular flexibility index (Phi) is 11.6. The summed E-state index contributed by atoms with van der Waals surface area (Å²) in [5.41, 5.74) is 0. The molecule has 0 aliphatic carbocycles. The van der Waals surface area contributed by atoms with E-state index in [4.69, 9.17) is 14.3 Å². The number of carboxylic acid groups (broad SMARTS) is 1. The number of aromatic carboxylic acids is 1. The molecule has 0 radical (unpaired) electrons. The van der Waals surface area contributed by atoms with E-state index in [0.29, 0.717) is 6.61 Å². The van der Waals surface area contributed by atoms with Crippen molar-refractivity contribution in [3.8, 4) is 5.95 Å². The second kappa shape index (κ2) is 13.7. The van der Waals surface area contributed by atoms with E-state index in [1.807, 2.05) is 0 Å². The van der Waals surface area contributed by atoms with Crippen LogP contribution < -0.4 is 4.74 Å². The molecule has 0 atom stereocenters. The minimum atomic E-state index is -1.07. The highest BCUT2D eigenvalue weighted by atomic mass is 16.6. The molecule has 1 aromatic heterocycles. The standard InChI is InChI=1S/C20H32O4/c1-2-3-4-5-6-7-8-9-10-11-12-13-14-17-23-19-16-15-18(24-19)20(21)22/h6-7,15-16H,2-5,8-14,17H2,1H3,(H,21,22)/b7-6+. The van der Waals surface area contributed by atoms with E-state index in [1.54, 1.807) is 6.07 Å². The maximum Gasteiger partial charge on any atom is 0.371 e. The average molecular weight is 336 g/mol. The van der Waals surface area contributed by atoms with Gasteiger partial charge < -0.3 is 14.3 Å². The van der Waals surface area contributed by atoms with Gasteiger partial charge in [-0.25, -0.2) is 4.79 Å². The van der Waals surface area contributed by atoms with E-state index in [1.165, 1.54) is 63.9 Å². The predicted octanol–water partition coefficient (Wildman–Crippen LogP) is 6.22. The third-order valence-corrected chi connectivity index (χ3v) is 3.94. The molecule has 136 valence electrons. The summed E-state index contributed by atoms with van der Waals surface area (Å²) in [5.74, 6) is -0.858. The molecule has 0 aliphatic heterocycles. The van der Waals surface area contributed by atoms with Gasteiger partial charge >= 0.3 is 5.97 Å². The molecule has 0 aliphatic rings. The number of furan rings is 1. The van der Waals surface area contributed by atoms with E-state index in [0.717, 1.165) is 12.8 Å². The monoisotopic (exact) mass is 336 g/mol. The van der Waals surface area contributed by atoms with Crippen LogP contribution in [0.25, 0.3) is 0 Å². The molecule has 0 saturated carbocycles. The molecule has 0 aromatic carbocycles. The number of allylic oxidation sites excluding steroid dienone is 2. The quantitative estimate of drug-likeness (QED) is 0.305. The average Bonchev–Trinajstić information content (AvgIpc) is 3.04. The van der Waals surface area contributed by atoms with E-state index in [2.05, 4.69) is 19.1 Å². The first kappa shape index (κ1) is 20.3. The Morgan fingerprint density at radius 3 is 2.25 bits per heavy atom. The third kappa shape index (κ3) is 10.1. The lowest BCUT2D eigenvalue weighted by molar-refractivity contribution is 0.0653. The molecule has 1 N–H and O–H groups in total. The molecule has 0 saturated heterocycles. The van der Waals surface area contributed by atoms with Crippen LogP contribution in [0.1, 0.15) is 88.1 Å². The molecular weight excluding hydrogens is 304 g/mol. The summed E-state index contributed by atoms with van der Waals surface area (Å²) in [6.45, 7) is 2.81. The molecule has 4 heteroatoms. The molecule has 0 fully saturated rings. The first-order valence-corrected chi connectivity index (χ1v) is 9.35. The van der Waals surface area contributed by atoms with Crippen molar-refractivity contribution in [2.24, 2.45) is 0 Å². The van der Waals surface area contributed by atoms with Gasteiger partial charge in [0.25, 0.3) is 5.95 Å². The summed E-state index contributed by atoms with van der Waals surface area (Å²) in [7, 11) is 0. The number of rotatable bonds is 15. The first-order valence-electron chi connectivity index (χ1n) is 9.35. The Bertz CT molecular complexity index is 462. The van der Waals surface area contributed by atoms with Crippen LogP contribution in [0, 0.1) is 0 Å². The smallest absolute Gasteiger partial charge is 0.371 e. The molecular formula is C20H32O4. The second-order valence-corrected chi connectivity index (χ2v) is 6.15. The van der Waals surface area contributed by atoms with Gasteiger partial charge in [-0.15, -0.1) is 0 Å². The molecule has 24 heavy (non-hydrogen) atoms. The van der Waals surface area contributed by atoms with Gasteiger partial charge in [-0.2, -0.15) is 0 Å². The van der Waals surface area contributed by atoms with Gasteiger partial charge in [0.2, 0.25) is 5.76 Å². The SMILES string of the molecule is CCCCC/C=C/CCCCCCCCOc1ccc(C(=O)O)o1. The zero-order chi connectivity index (χ0) is 17.5. The number of carbonyl (C=O) groups is 1. The van der Waals surface area contributed by atoms with Crippen molar-refractivity contribution in [1.82, 2.24) is 0 Å². The number of carboxylic acids is 1. The van der Waals surface area contributed by atoms with E-state index in [9.17, 15) is 4.79 Å². The summed E-state index contributed by atoms with van der Waals surface area (Å²) in [4.78, 5) is 10.7. The number of ether oxygens (including phenoxy) is 1. The molecule has 0 amide bonds. The maximum absolute atomic E-state index is 10.7. The van der Waals surface area contributed by atoms with E-state index < -0.39 is 5.97 Å². The van der Waals surface area contributed by atoms with Crippen LogP contribution in [0.2, 0.25) is 0 Å². The minimum absolute atomic E-state index is 0.0792. The Morgan fingerprint density at radius 2 is 1.62 bits per heavy atom. The van der Waals surface area contributed by atoms with Crippen LogP contribution >= 0.6 is 0 Å². The van der Waals surface area contributed by atoms with Crippen LogP contribution in [-0.2, 0) is 0 Å². The van der Waals surface area contributed by atoms with Crippen molar-refractivity contribution in [2.45, 2.75) is 77.6 Å². The molecule has 1 heterocycles. The number of unbranched alkanes of at least 4 members (excludes halogenated alkanes) is 9. The largest absolute Gasteiger partial charge is 0.475 e. The van der Waals surface area contributed by atoms with Crippen molar-refractivity contribution >= 4 is 5.97 Å². The molecule has 4 nitrogen and oxygen atoms in total. The summed E-state index contributed by atoms with van der Waals surface area (Å²) in [5, 5.41) is 8.74. The van der Waals surface area contributed by atoms with Crippen LogP contribution in [0.5, 0.6) is 5.95 Å². The highest BCUT2D eigenvalue weighted by Crippen LogP contribution is 2.16. The van der Waals surface area contributed by atoms with Gasteiger partial charge in [0.05, 0.1) is 6.61 Å². The fourth-order valence-electron chi connectivity index (χ4n) is 2.50. The van der Waals surface area contributed by atoms with Crippen LogP contribution in [-0.4, -0.2) is 17.7 Å². The van der Waals surface area contributed by atoms with Crippen molar-refractivity contribution in [3.63, 3.8) is 0 Å². The van der Waals surface area contributed by atoms with Gasteiger partial charge in [0.1, 0.15) is 0 Å². The summed E-state index contributed by atoms with van der Waals surface area (Å²) < 4.78 is 10.4.